The molecular formula is C60H64Cl3FN10O6S3. The zero-order valence-electron chi connectivity index (χ0n) is 45.7. The van der Waals surface area contributed by atoms with E-state index in [0.717, 1.165) is 90.5 Å². The Morgan fingerprint density at radius 2 is 1.11 bits per heavy atom. The van der Waals surface area contributed by atoms with E-state index in [4.69, 9.17) is 46.3 Å². The molecular weight excluding hydrogens is 1180 g/mol. The summed E-state index contributed by atoms with van der Waals surface area (Å²) in [6.45, 7) is 6.71. The van der Waals surface area contributed by atoms with Gasteiger partial charge in [0, 0.05) is 58.9 Å². The number of nitrogens with zero attached hydrogens (tertiary/aromatic N) is 3. The Morgan fingerprint density at radius 1 is 0.627 bits per heavy atom. The van der Waals surface area contributed by atoms with Crippen molar-refractivity contribution in [3.8, 4) is 11.3 Å². The van der Waals surface area contributed by atoms with Gasteiger partial charge in [-0.2, -0.15) is 0 Å². The largest absolute Gasteiger partial charge is 0.391 e. The number of allylic oxidation sites excluding steroid dienone is 6. The van der Waals surface area contributed by atoms with Crippen molar-refractivity contribution in [2.75, 3.05) is 19.6 Å². The minimum absolute atomic E-state index is 0.0384. The second-order valence-corrected chi connectivity index (χ2v) is 24.4. The Kier molecular flexibility index (Phi) is 22.3. The van der Waals surface area contributed by atoms with E-state index >= 15 is 0 Å². The molecule has 0 saturated carbocycles. The van der Waals surface area contributed by atoms with E-state index in [1.807, 2.05) is 87.5 Å². The smallest absolute Gasteiger partial charge is 0.268 e. The van der Waals surface area contributed by atoms with Gasteiger partial charge in [0.1, 0.15) is 26.5 Å². The molecule has 4 aromatic heterocycles. The molecule has 436 valence electrons. The number of aliphatic hydroxyl groups is 3. The third-order valence-electron chi connectivity index (χ3n) is 14.0. The van der Waals surface area contributed by atoms with Gasteiger partial charge in [0.2, 0.25) is 11.8 Å². The van der Waals surface area contributed by atoms with Crippen molar-refractivity contribution in [3.63, 3.8) is 0 Å². The van der Waals surface area contributed by atoms with Crippen LogP contribution in [0.3, 0.4) is 0 Å². The fourth-order valence-electron chi connectivity index (χ4n) is 9.33. The van der Waals surface area contributed by atoms with Gasteiger partial charge >= 0.3 is 0 Å². The molecule has 1 saturated heterocycles. The van der Waals surface area contributed by atoms with Gasteiger partial charge in [-0.25, -0.2) is 19.3 Å². The quantitative estimate of drug-likeness (QED) is 0.0385. The predicted molar refractivity (Wildman–Crippen MR) is 330 cm³/mol. The number of aromatic nitrogens is 4. The Bertz CT molecular complexity index is 3550. The number of aryl methyl sites for hydroxylation is 3. The van der Waals surface area contributed by atoms with Gasteiger partial charge in [0.05, 0.1) is 74.7 Å². The first-order valence-electron chi connectivity index (χ1n) is 26.7. The van der Waals surface area contributed by atoms with Gasteiger partial charge in [-0.15, -0.1) is 34.0 Å². The van der Waals surface area contributed by atoms with Crippen molar-refractivity contribution in [2.24, 2.45) is 11.5 Å². The molecule has 2 aliphatic carbocycles. The van der Waals surface area contributed by atoms with E-state index in [1.54, 1.807) is 24.3 Å². The number of amides is 3. The molecule has 12 N–H and O–H groups in total. The highest BCUT2D eigenvalue weighted by Gasteiger charge is 2.31. The third kappa shape index (κ3) is 16.1. The van der Waals surface area contributed by atoms with Crippen LogP contribution in [0.4, 0.5) is 4.39 Å². The number of H-pyrrole nitrogens is 1. The Labute approximate surface area is 507 Å². The van der Waals surface area contributed by atoms with Crippen molar-refractivity contribution in [2.45, 2.75) is 96.9 Å². The number of nitrogens with two attached hydrogens (primary N) is 2. The fourth-order valence-corrected chi connectivity index (χ4v) is 12.7. The van der Waals surface area contributed by atoms with Gasteiger partial charge < -0.3 is 53.0 Å². The number of halogens is 4. The maximum absolute atomic E-state index is 13.7. The number of rotatable bonds is 18. The van der Waals surface area contributed by atoms with E-state index in [1.165, 1.54) is 46.1 Å². The van der Waals surface area contributed by atoms with Crippen LogP contribution in [0.5, 0.6) is 0 Å². The number of carbonyl (C=O) groups excluding carboxylic acids is 3. The molecule has 1 aliphatic heterocycles. The summed E-state index contributed by atoms with van der Waals surface area (Å²) < 4.78 is 13.7. The zero-order chi connectivity index (χ0) is 59.3. The van der Waals surface area contributed by atoms with Crippen LogP contribution in [0, 0.1) is 26.6 Å². The number of benzene rings is 3. The Balaban J connectivity index is 0.000000163. The van der Waals surface area contributed by atoms with Gasteiger partial charge in [-0.3, -0.25) is 14.4 Å². The highest BCUT2D eigenvalue weighted by Crippen LogP contribution is 2.34. The molecule has 3 amide bonds. The van der Waals surface area contributed by atoms with Crippen molar-refractivity contribution in [1.82, 2.24) is 41.2 Å². The van der Waals surface area contributed by atoms with Crippen LogP contribution in [0.2, 0.25) is 15.1 Å². The van der Waals surface area contributed by atoms with Crippen molar-refractivity contribution >= 4 is 97.7 Å². The molecule has 23 heteroatoms. The number of nitrogens with one attached hydrogen (secondary N) is 5. The average Bonchev–Trinajstić information content (AvgIpc) is 4.60. The minimum Gasteiger partial charge on any atom is -0.391 e. The summed E-state index contributed by atoms with van der Waals surface area (Å²) >= 11 is 21.8. The maximum atomic E-state index is 13.7. The van der Waals surface area contributed by atoms with Gasteiger partial charge in [0.25, 0.3) is 5.91 Å². The molecule has 0 radical (unpaired) electrons. The lowest BCUT2D eigenvalue weighted by molar-refractivity contribution is -0.119. The normalized spacial score (nSPS) is 15.8. The van der Waals surface area contributed by atoms with Gasteiger partial charge in [0.15, 0.2) is 0 Å². The van der Waals surface area contributed by atoms with E-state index in [-0.39, 0.29) is 73.8 Å². The lowest BCUT2D eigenvalue weighted by atomic mass is 9.98. The molecule has 83 heavy (non-hydrogen) atoms. The predicted octanol–water partition coefficient (Wildman–Crippen LogP) is 10.6. The van der Waals surface area contributed by atoms with Crippen molar-refractivity contribution < 1.29 is 34.1 Å². The molecule has 7 aromatic rings. The van der Waals surface area contributed by atoms with Crippen LogP contribution in [0.1, 0.15) is 119 Å². The van der Waals surface area contributed by atoms with Crippen LogP contribution in [0.15, 0.2) is 114 Å². The summed E-state index contributed by atoms with van der Waals surface area (Å²) in [5.41, 5.74) is 21.2. The first kappa shape index (κ1) is 62.8. The van der Waals surface area contributed by atoms with Gasteiger partial charge in [-0.05, 0) is 117 Å². The number of thiazole rings is 3. The monoisotopic (exact) mass is 1240 g/mol. The molecule has 0 spiro atoms. The highest BCUT2D eigenvalue weighted by atomic mass is 35.5. The molecule has 4 atom stereocenters. The Morgan fingerprint density at radius 3 is 1.58 bits per heavy atom. The first-order chi connectivity index (χ1) is 40.0. The zero-order valence-corrected chi connectivity index (χ0v) is 50.4. The molecule has 3 aliphatic rings. The van der Waals surface area contributed by atoms with Crippen molar-refractivity contribution in [3.05, 3.63) is 199 Å². The summed E-state index contributed by atoms with van der Waals surface area (Å²) in [6.07, 6.45) is 11.5. The number of hydrogen-bond donors (Lipinski definition) is 10. The maximum Gasteiger partial charge on any atom is 0.268 e. The molecule has 16 nitrogen and oxygen atoms in total. The first-order valence-corrected chi connectivity index (χ1v) is 30.3. The van der Waals surface area contributed by atoms with E-state index in [2.05, 4.69) is 41.2 Å². The molecule has 10 rings (SSSR count). The summed E-state index contributed by atoms with van der Waals surface area (Å²) in [5.74, 6) is -1.07. The summed E-state index contributed by atoms with van der Waals surface area (Å²) in [5, 5.41) is 44.4. The fraction of sp³-hybridized carbons (Fsp3) is 0.300. The number of hydrogen-bond acceptors (Lipinski definition) is 15. The standard InChI is InChI=1S/C22H25ClN4O2S.C19H19ClFN3O2S.C19H20ClN3O2S/c1-13-19(12-28)30-22(25-13)20(17-4-2-3-11-24-17)27-21(29)18-10-9-16(26-18)14-5-7-15(23)8-6-14;1-10-17(9-25)27-19(23-10)16(8-22)24-18(26)13-3-2-11(6-13)12-4-5-14(20)15(21)7-12;1-11-17(10-24)26-19(22-11)16(9-21)23-18(25)14-3-2-13(8-14)12-4-6-15(20)7-5-12/h5-10,17,20,24,26,28H,2-4,11-12H2,1H3,(H,27,29);2-5,7,16,25H,6,8-9,22H2,1H3,(H,24,26);2-7,16,24H,8-10,21H2,1H3,(H,23,25). The van der Waals surface area contributed by atoms with Crippen LogP contribution in [-0.4, -0.2) is 78.7 Å². The third-order valence-corrected chi connectivity index (χ3v) is 18.6. The number of aromatic amines is 1. The SMILES string of the molecule is Cc1nc(C(CN)NC(=O)C2=CC=C(c3ccc(Cl)c(F)c3)C2)sc1CO.Cc1nc(C(CN)NC(=O)C2=CC=C(c3ccc(Cl)cc3)C2)sc1CO.Cc1nc(C(NC(=O)c2ccc(-c3ccc(Cl)cc3)[nH]2)C2CCCCN2)sc1CO. The van der Waals surface area contributed by atoms with E-state index in [0.29, 0.717) is 55.3 Å². The summed E-state index contributed by atoms with van der Waals surface area (Å²) in [4.78, 5) is 57.3. The van der Waals surface area contributed by atoms with E-state index in [9.17, 15) is 34.1 Å². The van der Waals surface area contributed by atoms with Crippen LogP contribution in [-0.2, 0) is 29.4 Å². The number of piperidine rings is 1. The lowest BCUT2D eigenvalue weighted by Gasteiger charge is -2.30. The van der Waals surface area contributed by atoms with E-state index < -0.39 is 11.9 Å². The molecule has 0 bridgehead atoms. The summed E-state index contributed by atoms with van der Waals surface area (Å²) in [7, 11) is 0. The molecule has 3 aromatic carbocycles. The Hall–Kier alpha value is -6.24. The minimum atomic E-state index is -0.491. The van der Waals surface area contributed by atoms with Crippen LogP contribution < -0.4 is 32.7 Å². The van der Waals surface area contributed by atoms with Crippen LogP contribution in [0.25, 0.3) is 22.4 Å². The molecule has 4 unspecified atom stereocenters. The molecule has 1 fully saturated rings. The highest BCUT2D eigenvalue weighted by molar-refractivity contribution is 7.12. The topological polar surface area (TPSA) is 267 Å². The number of carbonyl (C=O) groups is 3. The number of aliphatic hydroxyl groups excluding tert-OH is 3. The van der Waals surface area contributed by atoms with Gasteiger partial charge in [-0.1, -0.05) is 95.9 Å². The van der Waals surface area contributed by atoms with Crippen LogP contribution >= 0.6 is 68.8 Å². The lowest BCUT2D eigenvalue weighted by Crippen LogP contribution is -2.46. The average molecular weight is 1240 g/mol. The second kappa shape index (κ2) is 29.5. The summed E-state index contributed by atoms with van der Waals surface area (Å²) in [6, 6.07) is 22.4. The van der Waals surface area contributed by atoms with Crippen molar-refractivity contribution in [1.29, 1.82) is 0 Å². The second-order valence-electron chi connectivity index (χ2n) is 19.7. The molecule has 5 heterocycles.